The Labute approximate surface area is 143 Å². The molecule has 0 saturated heterocycles. The van der Waals surface area contributed by atoms with Crippen LogP contribution >= 0.6 is 11.6 Å². The normalized spacial score (nSPS) is 10.8. The minimum atomic E-state index is -0.715. The molecule has 0 amide bonds. The molecule has 6 heteroatoms. The highest BCUT2D eigenvalue weighted by Gasteiger charge is 2.18. The Kier molecular flexibility index (Phi) is 4.62. The van der Waals surface area contributed by atoms with Crippen molar-refractivity contribution in [1.29, 1.82) is 0 Å². The molecule has 0 saturated carbocycles. The Hall–Kier alpha value is -2.66. The summed E-state index contributed by atoms with van der Waals surface area (Å²) in [5.74, 6) is -0.715. The number of ether oxygens (including phenoxy) is 1. The van der Waals surface area contributed by atoms with Crippen LogP contribution in [0.3, 0.4) is 0 Å². The van der Waals surface area contributed by atoms with Crippen molar-refractivity contribution in [2.45, 2.75) is 13.5 Å². The van der Waals surface area contributed by atoms with Gasteiger partial charge < -0.3 is 9.30 Å². The Morgan fingerprint density at radius 1 is 1.21 bits per heavy atom. The lowest BCUT2D eigenvalue weighted by molar-refractivity contribution is 0.0517. The molecule has 0 radical (unpaired) electrons. The van der Waals surface area contributed by atoms with Crippen LogP contribution in [0.4, 0.5) is 0 Å². The zero-order chi connectivity index (χ0) is 17.1. The van der Waals surface area contributed by atoms with Crippen LogP contribution in [-0.2, 0) is 11.3 Å². The largest absolute Gasteiger partial charge is 0.461 e. The average Bonchev–Trinajstić information content (AvgIpc) is 2.57. The first-order valence-corrected chi connectivity index (χ1v) is 7.89. The fourth-order valence-corrected chi connectivity index (χ4v) is 2.71. The summed E-state index contributed by atoms with van der Waals surface area (Å²) < 4.78 is 6.46. The highest BCUT2D eigenvalue weighted by atomic mass is 35.5. The number of hydrogen-bond donors (Lipinski definition) is 0. The third-order valence-corrected chi connectivity index (χ3v) is 3.79. The van der Waals surface area contributed by atoms with Crippen molar-refractivity contribution in [1.82, 2.24) is 9.55 Å². The van der Waals surface area contributed by atoms with Gasteiger partial charge in [0.2, 0.25) is 5.69 Å². The number of esters is 1. The summed E-state index contributed by atoms with van der Waals surface area (Å²) in [6.45, 7) is 2.15. The van der Waals surface area contributed by atoms with Gasteiger partial charge in [0.15, 0.2) is 0 Å². The van der Waals surface area contributed by atoms with E-state index in [-0.39, 0.29) is 18.8 Å². The topological polar surface area (TPSA) is 61.2 Å². The van der Waals surface area contributed by atoms with Crippen LogP contribution in [0.25, 0.3) is 11.0 Å². The molecule has 0 spiro atoms. The van der Waals surface area contributed by atoms with Gasteiger partial charge in [-0.3, -0.25) is 4.79 Å². The molecule has 0 aliphatic heterocycles. The van der Waals surface area contributed by atoms with Crippen molar-refractivity contribution < 1.29 is 9.53 Å². The molecule has 0 atom stereocenters. The smallest absolute Gasteiger partial charge is 0.362 e. The minimum Gasteiger partial charge on any atom is -0.461 e. The van der Waals surface area contributed by atoms with Crippen LogP contribution in [0.15, 0.2) is 53.3 Å². The number of rotatable bonds is 4. The number of benzene rings is 2. The SMILES string of the molecule is CCOC(=O)c1nc2ccccc2n(Cc2cccc(Cl)c2)c1=O. The van der Waals surface area contributed by atoms with E-state index in [9.17, 15) is 9.59 Å². The van der Waals surface area contributed by atoms with Crippen LogP contribution in [0.2, 0.25) is 5.02 Å². The standard InChI is InChI=1S/C18H15ClN2O3/c1-2-24-18(23)16-17(22)21(11-12-6-5-7-13(19)10-12)15-9-4-3-8-14(15)20-16/h3-10H,2,11H2,1H3. The van der Waals surface area contributed by atoms with Gasteiger partial charge in [0, 0.05) is 5.02 Å². The monoisotopic (exact) mass is 342 g/mol. The zero-order valence-corrected chi connectivity index (χ0v) is 13.8. The molecule has 0 fully saturated rings. The van der Waals surface area contributed by atoms with E-state index in [0.717, 1.165) is 5.56 Å². The highest BCUT2D eigenvalue weighted by molar-refractivity contribution is 6.30. The summed E-state index contributed by atoms with van der Waals surface area (Å²) in [6.07, 6.45) is 0. The number of aromatic nitrogens is 2. The van der Waals surface area contributed by atoms with Crippen LogP contribution < -0.4 is 5.56 Å². The second-order valence-corrected chi connectivity index (χ2v) is 5.63. The van der Waals surface area contributed by atoms with E-state index in [0.29, 0.717) is 16.1 Å². The third-order valence-electron chi connectivity index (χ3n) is 3.55. The Morgan fingerprint density at radius 3 is 2.75 bits per heavy atom. The molecular weight excluding hydrogens is 328 g/mol. The lowest BCUT2D eigenvalue weighted by Gasteiger charge is -2.12. The Balaban J connectivity index is 2.19. The predicted octanol–water partition coefficient (Wildman–Crippen LogP) is 3.27. The fraction of sp³-hybridized carbons (Fsp3) is 0.167. The van der Waals surface area contributed by atoms with Gasteiger partial charge in [-0.25, -0.2) is 9.78 Å². The Bertz CT molecular complexity index is 966. The van der Waals surface area contributed by atoms with Crippen molar-refractivity contribution in [3.63, 3.8) is 0 Å². The van der Waals surface area contributed by atoms with Gasteiger partial charge in [-0.1, -0.05) is 35.9 Å². The van der Waals surface area contributed by atoms with E-state index in [2.05, 4.69) is 4.98 Å². The number of hydrogen-bond acceptors (Lipinski definition) is 4. The molecule has 2 aromatic carbocycles. The predicted molar refractivity (Wildman–Crippen MR) is 92.5 cm³/mol. The molecule has 0 N–H and O–H groups in total. The summed E-state index contributed by atoms with van der Waals surface area (Å²) in [6, 6.07) is 14.4. The average molecular weight is 343 g/mol. The zero-order valence-electron chi connectivity index (χ0n) is 13.0. The molecule has 3 aromatic rings. The van der Waals surface area contributed by atoms with Crippen molar-refractivity contribution in [2.24, 2.45) is 0 Å². The summed E-state index contributed by atoms with van der Waals surface area (Å²) in [7, 11) is 0. The van der Waals surface area contributed by atoms with Gasteiger partial charge in [-0.15, -0.1) is 0 Å². The van der Waals surface area contributed by atoms with E-state index < -0.39 is 11.5 Å². The molecule has 5 nitrogen and oxygen atoms in total. The van der Waals surface area contributed by atoms with Crippen molar-refractivity contribution in [3.8, 4) is 0 Å². The number of fused-ring (bicyclic) bond motifs is 1. The van der Waals surface area contributed by atoms with Gasteiger partial charge in [-0.2, -0.15) is 0 Å². The van der Waals surface area contributed by atoms with Gasteiger partial charge >= 0.3 is 5.97 Å². The lowest BCUT2D eigenvalue weighted by atomic mass is 10.2. The van der Waals surface area contributed by atoms with Crippen molar-refractivity contribution in [2.75, 3.05) is 6.61 Å². The first kappa shape index (κ1) is 16.2. The molecule has 0 aliphatic carbocycles. The van der Waals surface area contributed by atoms with E-state index in [1.165, 1.54) is 4.57 Å². The molecule has 3 rings (SSSR count). The van der Waals surface area contributed by atoms with Crippen molar-refractivity contribution >= 4 is 28.6 Å². The maximum absolute atomic E-state index is 12.8. The van der Waals surface area contributed by atoms with Gasteiger partial charge in [0.1, 0.15) is 0 Å². The van der Waals surface area contributed by atoms with Crippen LogP contribution in [0.5, 0.6) is 0 Å². The molecule has 24 heavy (non-hydrogen) atoms. The summed E-state index contributed by atoms with van der Waals surface area (Å²) in [4.78, 5) is 29.0. The van der Waals surface area contributed by atoms with Crippen LogP contribution in [-0.4, -0.2) is 22.1 Å². The molecule has 0 aliphatic rings. The lowest BCUT2D eigenvalue weighted by Crippen LogP contribution is -2.29. The first-order chi connectivity index (χ1) is 11.6. The van der Waals surface area contributed by atoms with E-state index in [1.54, 1.807) is 37.3 Å². The maximum Gasteiger partial charge on any atom is 0.362 e. The minimum absolute atomic E-state index is 0.182. The number of carbonyl (C=O) groups excluding carboxylic acids is 1. The quantitative estimate of drug-likeness (QED) is 0.683. The van der Waals surface area contributed by atoms with Crippen molar-refractivity contribution in [3.05, 3.63) is 75.2 Å². The van der Waals surface area contributed by atoms with Crippen LogP contribution in [0.1, 0.15) is 23.0 Å². The highest BCUT2D eigenvalue weighted by Crippen LogP contribution is 2.15. The molecular formula is C18H15ClN2O3. The van der Waals surface area contributed by atoms with Gasteiger partial charge in [-0.05, 0) is 36.8 Å². The van der Waals surface area contributed by atoms with Crippen LogP contribution in [0, 0.1) is 0 Å². The number of halogens is 1. The third kappa shape index (κ3) is 3.16. The van der Waals surface area contributed by atoms with Gasteiger partial charge in [0.05, 0.1) is 24.2 Å². The molecule has 122 valence electrons. The molecule has 1 aromatic heterocycles. The number of carbonyl (C=O) groups is 1. The number of para-hydroxylation sites is 2. The Morgan fingerprint density at radius 2 is 2.00 bits per heavy atom. The number of nitrogens with zero attached hydrogens (tertiary/aromatic N) is 2. The summed E-state index contributed by atoms with van der Waals surface area (Å²) in [5, 5.41) is 0.588. The first-order valence-electron chi connectivity index (χ1n) is 7.51. The maximum atomic E-state index is 12.8. The van der Waals surface area contributed by atoms with E-state index >= 15 is 0 Å². The second-order valence-electron chi connectivity index (χ2n) is 5.19. The molecule has 1 heterocycles. The second kappa shape index (κ2) is 6.84. The molecule has 0 bridgehead atoms. The fourth-order valence-electron chi connectivity index (χ4n) is 2.50. The molecule has 0 unspecified atom stereocenters. The van der Waals surface area contributed by atoms with E-state index in [4.69, 9.17) is 16.3 Å². The van der Waals surface area contributed by atoms with E-state index in [1.807, 2.05) is 18.2 Å². The van der Waals surface area contributed by atoms with Gasteiger partial charge in [0.25, 0.3) is 5.56 Å². The summed E-state index contributed by atoms with van der Waals surface area (Å²) >= 11 is 6.02. The summed E-state index contributed by atoms with van der Waals surface area (Å²) in [5.41, 5.74) is 1.37.